The normalized spacial score (nSPS) is 10.7. The molecule has 2 amide bonds. The van der Waals surface area contributed by atoms with Gasteiger partial charge in [0, 0.05) is 18.9 Å². The highest BCUT2D eigenvalue weighted by Crippen LogP contribution is 2.23. The molecule has 0 unspecified atom stereocenters. The Bertz CT molecular complexity index is 785. The van der Waals surface area contributed by atoms with E-state index in [0.29, 0.717) is 23.8 Å². The van der Waals surface area contributed by atoms with E-state index < -0.39 is 0 Å². The molecule has 0 atom stereocenters. The molecule has 0 radical (unpaired) electrons. The number of H-pyrrole nitrogens is 1. The van der Waals surface area contributed by atoms with E-state index in [1.54, 1.807) is 12.4 Å². The highest BCUT2D eigenvalue weighted by Gasteiger charge is 2.20. The maximum absolute atomic E-state index is 12.6. The predicted octanol–water partition coefficient (Wildman–Crippen LogP) is 3.00. The minimum absolute atomic E-state index is 0.250. The Balaban J connectivity index is 1.95. The van der Waals surface area contributed by atoms with Crippen molar-refractivity contribution in [2.75, 3.05) is 11.4 Å². The van der Waals surface area contributed by atoms with E-state index in [2.05, 4.69) is 32.4 Å². The van der Waals surface area contributed by atoms with Gasteiger partial charge >= 0.3 is 6.03 Å². The molecule has 3 aromatic rings. The molecule has 2 heterocycles. The second-order valence-electron chi connectivity index (χ2n) is 5.09. The van der Waals surface area contributed by atoms with E-state index in [9.17, 15) is 4.79 Å². The number of carbonyl (C=O) groups is 1. The number of amides is 2. The molecule has 0 saturated heterocycles. The zero-order valence-corrected chi connectivity index (χ0v) is 12.9. The van der Waals surface area contributed by atoms with Gasteiger partial charge in [-0.25, -0.2) is 14.7 Å². The second-order valence-corrected chi connectivity index (χ2v) is 5.09. The first kappa shape index (κ1) is 15.0. The van der Waals surface area contributed by atoms with E-state index in [-0.39, 0.29) is 6.03 Å². The van der Waals surface area contributed by atoms with Crippen molar-refractivity contribution in [1.82, 2.24) is 25.5 Å². The summed E-state index contributed by atoms with van der Waals surface area (Å²) >= 11 is 0. The van der Waals surface area contributed by atoms with Gasteiger partial charge in [-0.2, -0.15) is 10.1 Å². The molecule has 0 aliphatic heterocycles. The molecule has 118 valence electrons. The lowest BCUT2D eigenvalue weighted by Gasteiger charge is -2.21. The first-order chi connectivity index (χ1) is 11.3. The van der Waals surface area contributed by atoms with Crippen LogP contribution in [0, 0.1) is 0 Å². The van der Waals surface area contributed by atoms with Gasteiger partial charge in [-0.1, -0.05) is 31.5 Å². The Morgan fingerprint density at radius 3 is 2.91 bits per heavy atom. The predicted molar refractivity (Wildman–Crippen MR) is 88.6 cm³/mol. The monoisotopic (exact) mass is 310 g/mol. The van der Waals surface area contributed by atoms with Gasteiger partial charge in [-0.15, -0.1) is 0 Å². The van der Waals surface area contributed by atoms with Crippen LogP contribution in [0.15, 0.2) is 42.7 Å². The maximum atomic E-state index is 12.6. The Labute approximate surface area is 133 Å². The van der Waals surface area contributed by atoms with Crippen LogP contribution in [-0.4, -0.2) is 32.7 Å². The van der Waals surface area contributed by atoms with Crippen LogP contribution in [0.1, 0.15) is 19.8 Å². The molecule has 0 saturated carbocycles. The van der Waals surface area contributed by atoms with Gasteiger partial charge in [0.2, 0.25) is 5.95 Å². The van der Waals surface area contributed by atoms with Crippen LogP contribution in [0.25, 0.3) is 11.0 Å². The fourth-order valence-corrected chi connectivity index (χ4v) is 2.19. The van der Waals surface area contributed by atoms with Crippen LogP contribution in [0.4, 0.5) is 16.4 Å². The number of nitrogens with zero attached hydrogens (tertiary/aromatic N) is 4. The molecular formula is C16H18N6O. The number of hydrogen-bond donors (Lipinski definition) is 2. The van der Waals surface area contributed by atoms with Gasteiger partial charge in [0.05, 0.1) is 11.1 Å². The van der Waals surface area contributed by atoms with E-state index in [0.717, 1.165) is 18.2 Å². The van der Waals surface area contributed by atoms with E-state index in [1.807, 2.05) is 30.3 Å². The second kappa shape index (κ2) is 6.87. The highest BCUT2D eigenvalue weighted by molar-refractivity contribution is 5.98. The lowest BCUT2D eigenvalue weighted by atomic mass is 10.3. The van der Waals surface area contributed by atoms with Crippen molar-refractivity contribution < 1.29 is 4.79 Å². The van der Waals surface area contributed by atoms with Crippen LogP contribution in [0.2, 0.25) is 0 Å². The average Bonchev–Trinajstić information content (AvgIpc) is 3.04. The standard InChI is InChI=1S/C16H18N6O/c1-2-3-9-17-16(23)22(13-7-5-4-6-8-13)15-18-10-12-11-19-21-14(12)20-15/h4-8,10-11H,2-3,9H2,1H3,(H,17,23)(H,18,19,20,21). The van der Waals surface area contributed by atoms with E-state index in [4.69, 9.17) is 0 Å². The van der Waals surface area contributed by atoms with Gasteiger partial charge in [0.15, 0.2) is 5.65 Å². The highest BCUT2D eigenvalue weighted by atomic mass is 16.2. The number of anilines is 2. The number of nitrogens with one attached hydrogen (secondary N) is 2. The number of aromatic nitrogens is 4. The number of carbonyl (C=O) groups excluding carboxylic acids is 1. The lowest BCUT2D eigenvalue weighted by molar-refractivity contribution is 0.248. The molecule has 7 nitrogen and oxygen atoms in total. The van der Waals surface area contributed by atoms with Gasteiger partial charge in [0.25, 0.3) is 0 Å². The molecule has 1 aromatic carbocycles. The third-order valence-electron chi connectivity index (χ3n) is 3.40. The Morgan fingerprint density at radius 1 is 1.30 bits per heavy atom. The fourth-order valence-electron chi connectivity index (χ4n) is 2.19. The largest absolute Gasteiger partial charge is 0.337 e. The van der Waals surface area contributed by atoms with E-state index >= 15 is 0 Å². The lowest BCUT2D eigenvalue weighted by Crippen LogP contribution is -2.38. The number of fused-ring (bicyclic) bond motifs is 1. The number of urea groups is 1. The quantitative estimate of drug-likeness (QED) is 0.709. The van der Waals surface area contributed by atoms with Crippen molar-refractivity contribution in [2.45, 2.75) is 19.8 Å². The molecule has 0 spiro atoms. The smallest absolute Gasteiger partial charge is 0.328 e. The molecule has 7 heteroatoms. The molecule has 0 fully saturated rings. The van der Waals surface area contributed by atoms with Crippen LogP contribution in [0.3, 0.4) is 0 Å². The zero-order valence-electron chi connectivity index (χ0n) is 12.9. The first-order valence-electron chi connectivity index (χ1n) is 7.59. The third-order valence-corrected chi connectivity index (χ3v) is 3.40. The number of para-hydroxylation sites is 1. The molecule has 0 bridgehead atoms. The number of unbranched alkanes of at least 4 members (excludes halogenated alkanes) is 1. The Hall–Kier alpha value is -2.96. The fraction of sp³-hybridized carbons (Fsp3) is 0.250. The molecule has 0 aliphatic rings. The van der Waals surface area contributed by atoms with Gasteiger partial charge in [0.1, 0.15) is 0 Å². The number of hydrogen-bond acceptors (Lipinski definition) is 4. The molecule has 3 rings (SSSR count). The first-order valence-corrected chi connectivity index (χ1v) is 7.59. The number of benzene rings is 1. The summed E-state index contributed by atoms with van der Waals surface area (Å²) in [7, 11) is 0. The van der Waals surface area contributed by atoms with Crippen molar-refractivity contribution in [1.29, 1.82) is 0 Å². The summed E-state index contributed by atoms with van der Waals surface area (Å²) in [6.45, 7) is 2.69. The molecular weight excluding hydrogens is 292 g/mol. The summed E-state index contributed by atoms with van der Waals surface area (Å²) in [5.74, 6) is 0.296. The SMILES string of the molecule is CCCCNC(=O)N(c1ccccc1)c1ncc2c[nH]nc2n1. The van der Waals surface area contributed by atoms with Crippen molar-refractivity contribution in [2.24, 2.45) is 0 Å². The van der Waals surface area contributed by atoms with Crippen molar-refractivity contribution in [3.8, 4) is 0 Å². The summed E-state index contributed by atoms with van der Waals surface area (Å²) in [4.78, 5) is 22.7. The van der Waals surface area contributed by atoms with Crippen molar-refractivity contribution in [3.05, 3.63) is 42.7 Å². The number of rotatable bonds is 5. The van der Waals surface area contributed by atoms with Gasteiger partial charge in [-0.05, 0) is 18.6 Å². The maximum Gasteiger partial charge on any atom is 0.328 e. The Morgan fingerprint density at radius 2 is 2.13 bits per heavy atom. The van der Waals surface area contributed by atoms with Crippen LogP contribution in [0.5, 0.6) is 0 Å². The molecule has 0 aliphatic carbocycles. The summed E-state index contributed by atoms with van der Waals surface area (Å²) in [6, 6.07) is 9.08. The van der Waals surface area contributed by atoms with Gasteiger partial charge < -0.3 is 5.32 Å². The average molecular weight is 310 g/mol. The molecule has 2 N–H and O–H groups in total. The van der Waals surface area contributed by atoms with Crippen molar-refractivity contribution >= 4 is 28.7 Å². The summed E-state index contributed by atoms with van der Waals surface area (Å²) in [6.07, 6.45) is 5.30. The minimum Gasteiger partial charge on any atom is -0.337 e. The summed E-state index contributed by atoms with van der Waals surface area (Å²) < 4.78 is 0. The third kappa shape index (κ3) is 3.28. The van der Waals surface area contributed by atoms with Crippen LogP contribution in [-0.2, 0) is 0 Å². The summed E-state index contributed by atoms with van der Waals surface area (Å²) in [5.41, 5.74) is 1.23. The topological polar surface area (TPSA) is 86.8 Å². The van der Waals surface area contributed by atoms with E-state index in [1.165, 1.54) is 4.90 Å². The van der Waals surface area contributed by atoms with Crippen molar-refractivity contribution in [3.63, 3.8) is 0 Å². The molecule has 23 heavy (non-hydrogen) atoms. The zero-order chi connectivity index (χ0) is 16.1. The minimum atomic E-state index is -0.250. The van der Waals surface area contributed by atoms with Crippen LogP contribution < -0.4 is 10.2 Å². The Kier molecular flexibility index (Phi) is 4.46. The molecule has 2 aromatic heterocycles. The summed E-state index contributed by atoms with van der Waals surface area (Å²) in [5, 5.41) is 10.5. The van der Waals surface area contributed by atoms with Gasteiger partial charge in [-0.3, -0.25) is 5.10 Å². The van der Waals surface area contributed by atoms with Crippen LogP contribution >= 0.6 is 0 Å². The number of aromatic amines is 1.